The first-order valence-electron chi connectivity index (χ1n) is 10.7. The molecule has 0 unspecified atom stereocenters. The van der Waals surface area contributed by atoms with Crippen molar-refractivity contribution >= 4 is 21.9 Å². The first-order chi connectivity index (χ1) is 15.1. The average molecular weight is 452 g/mol. The Balaban J connectivity index is 2.31. The molecule has 3 rings (SSSR count). The maximum atomic E-state index is 14.0. The standard InChI is InChI=1S/C26H29NO4S/c1-18(2)22-16-11-17-23(19(3)4)25(22)27(32(29,30)31)26(28)24(20-12-7-5-8-13-20)21-14-9-6-10-15-21/h5-19,24H,1-4H3,(H,29,30,31). The van der Waals surface area contributed by atoms with Crippen LogP contribution in [0.1, 0.15) is 67.7 Å². The summed E-state index contributed by atoms with van der Waals surface area (Å²) in [6.07, 6.45) is 0. The maximum Gasteiger partial charge on any atom is 0.366 e. The summed E-state index contributed by atoms with van der Waals surface area (Å²) in [6.45, 7) is 7.73. The van der Waals surface area contributed by atoms with Crippen LogP contribution in [0, 0.1) is 0 Å². The SMILES string of the molecule is CC(C)c1cccc(C(C)C)c1N(C(=O)C(c1ccccc1)c1ccccc1)S(=O)(=O)O. The summed E-state index contributed by atoms with van der Waals surface area (Å²) in [5.74, 6) is -1.75. The molecule has 0 spiro atoms. The van der Waals surface area contributed by atoms with E-state index in [0.717, 1.165) is 0 Å². The monoisotopic (exact) mass is 451 g/mol. The van der Waals surface area contributed by atoms with E-state index in [0.29, 0.717) is 26.6 Å². The van der Waals surface area contributed by atoms with Gasteiger partial charge in [-0.1, -0.05) is 107 Å². The molecule has 1 N–H and O–H groups in total. The van der Waals surface area contributed by atoms with Gasteiger partial charge in [0.05, 0.1) is 11.6 Å². The van der Waals surface area contributed by atoms with Crippen molar-refractivity contribution in [3.8, 4) is 0 Å². The predicted octanol–water partition coefficient (Wildman–Crippen LogP) is 5.90. The highest BCUT2D eigenvalue weighted by Gasteiger charge is 2.38. The van der Waals surface area contributed by atoms with Gasteiger partial charge in [0.1, 0.15) is 0 Å². The fraction of sp³-hybridized carbons (Fsp3) is 0.269. The second-order valence-corrected chi connectivity index (χ2v) is 9.69. The Bertz CT molecular complexity index is 1110. The van der Waals surface area contributed by atoms with Crippen LogP contribution in [0.2, 0.25) is 0 Å². The zero-order chi connectivity index (χ0) is 23.5. The van der Waals surface area contributed by atoms with Crippen LogP contribution in [-0.4, -0.2) is 18.9 Å². The Hall–Kier alpha value is -2.96. The van der Waals surface area contributed by atoms with Gasteiger partial charge in [-0.3, -0.25) is 9.35 Å². The van der Waals surface area contributed by atoms with E-state index < -0.39 is 22.1 Å². The summed E-state index contributed by atoms with van der Waals surface area (Å²) in [5.41, 5.74) is 2.89. The van der Waals surface area contributed by atoms with Gasteiger partial charge in [-0.15, -0.1) is 0 Å². The van der Waals surface area contributed by atoms with Crippen LogP contribution in [0.5, 0.6) is 0 Å². The summed E-state index contributed by atoms with van der Waals surface area (Å²) < 4.78 is 36.4. The molecule has 32 heavy (non-hydrogen) atoms. The van der Waals surface area contributed by atoms with Gasteiger partial charge in [0.25, 0.3) is 5.91 Å². The minimum absolute atomic E-state index is 0.0624. The van der Waals surface area contributed by atoms with Gasteiger partial charge in [-0.2, -0.15) is 12.7 Å². The van der Waals surface area contributed by atoms with Gasteiger partial charge in [-0.05, 0) is 34.1 Å². The van der Waals surface area contributed by atoms with Crippen LogP contribution >= 0.6 is 0 Å². The Labute approximate surface area is 190 Å². The first-order valence-corrected chi connectivity index (χ1v) is 12.1. The second-order valence-electron chi connectivity index (χ2n) is 8.43. The van der Waals surface area contributed by atoms with Gasteiger partial charge >= 0.3 is 10.3 Å². The summed E-state index contributed by atoms with van der Waals surface area (Å²) in [4.78, 5) is 14.0. The zero-order valence-electron chi connectivity index (χ0n) is 18.8. The lowest BCUT2D eigenvalue weighted by Crippen LogP contribution is -2.41. The molecule has 0 heterocycles. The van der Waals surface area contributed by atoms with Crippen LogP contribution in [-0.2, 0) is 15.1 Å². The smallest absolute Gasteiger partial charge is 0.272 e. The molecule has 0 radical (unpaired) electrons. The number of benzene rings is 3. The lowest BCUT2D eigenvalue weighted by molar-refractivity contribution is -0.118. The topological polar surface area (TPSA) is 74.7 Å². The van der Waals surface area contributed by atoms with Crippen molar-refractivity contribution in [1.82, 2.24) is 0 Å². The Kier molecular flexibility index (Phi) is 7.16. The third kappa shape index (κ3) is 4.92. The van der Waals surface area contributed by atoms with Crippen molar-refractivity contribution in [2.24, 2.45) is 0 Å². The molecule has 0 bridgehead atoms. The molecule has 3 aromatic rings. The fourth-order valence-corrected chi connectivity index (χ4v) is 4.75. The summed E-state index contributed by atoms with van der Waals surface area (Å²) in [7, 11) is -4.91. The van der Waals surface area contributed by atoms with Crippen LogP contribution in [0.4, 0.5) is 5.69 Å². The van der Waals surface area contributed by atoms with Gasteiger partial charge < -0.3 is 0 Å². The van der Waals surface area contributed by atoms with Crippen LogP contribution in [0.15, 0.2) is 78.9 Å². The predicted molar refractivity (Wildman–Crippen MR) is 128 cm³/mol. The van der Waals surface area contributed by atoms with E-state index in [4.69, 9.17) is 0 Å². The number of hydrogen-bond acceptors (Lipinski definition) is 3. The molecule has 0 saturated carbocycles. The van der Waals surface area contributed by atoms with Crippen LogP contribution in [0.3, 0.4) is 0 Å². The molecule has 3 aromatic carbocycles. The molecular weight excluding hydrogens is 422 g/mol. The van der Waals surface area contributed by atoms with E-state index in [1.165, 1.54) is 0 Å². The van der Waals surface area contributed by atoms with Crippen molar-refractivity contribution in [2.75, 3.05) is 4.31 Å². The summed E-state index contributed by atoms with van der Waals surface area (Å²) >= 11 is 0. The fourth-order valence-electron chi connectivity index (χ4n) is 3.97. The lowest BCUT2D eigenvalue weighted by atomic mass is 9.89. The highest BCUT2D eigenvalue weighted by molar-refractivity contribution is 7.88. The van der Waals surface area contributed by atoms with E-state index in [9.17, 15) is 17.8 Å². The highest BCUT2D eigenvalue weighted by atomic mass is 32.2. The molecule has 1 amide bonds. The largest absolute Gasteiger partial charge is 0.366 e. The van der Waals surface area contributed by atoms with Crippen molar-refractivity contribution in [3.05, 3.63) is 101 Å². The molecular formula is C26H29NO4S. The molecule has 0 fully saturated rings. The van der Waals surface area contributed by atoms with Crippen molar-refractivity contribution in [3.63, 3.8) is 0 Å². The third-order valence-corrected chi connectivity index (χ3v) is 6.31. The minimum atomic E-state index is -4.91. The number of nitrogens with zero attached hydrogens (tertiary/aromatic N) is 1. The van der Waals surface area contributed by atoms with Crippen LogP contribution in [0.25, 0.3) is 0 Å². The lowest BCUT2D eigenvalue weighted by Gasteiger charge is -2.30. The highest BCUT2D eigenvalue weighted by Crippen LogP contribution is 2.39. The van der Waals surface area contributed by atoms with E-state index >= 15 is 0 Å². The summed E-state index contributed by atoms with van der Waals surface area (Å²) in [6, 6.07) is 23.5. The molecule has 0 aromatic heterocycles. The normalized spacial score (nSPS) is 11.9. The third-order valence-electron chi connectivity index (χ3n) is 5.49. The molecule has 0 saturated heterocycles. The average Bonchev–Trinajstić information content (AvgIpc) is 2.74. The zero-order valence-corrected chi connectivity index (χ0v) is 19.6. The van der Waals surface area contributed by atoms with Gasteiger partial charge in [0.15, 0.2) is 0 Å². The van der Waals surface area contributed by atoms with Crippen molar-refractivity contribution in [2.45, 2.75) is 45.4 Å². The molecule has 0 aliphatic carbocycles. The van der Waals surface area contributed by atoms with Crippen LogP contribution < -0.4 is 4.31 Å². The number of anilines is 1. The number of para-hydroxylation sites is 1. The Morgan fingerprint density at radius 2 is 1.12 bits per heavy atom. The van der Waals surface area contributed by atoms with E-state index in [1.807, 2.05) is 45.9 Å². The summed E-state index contributed by atoms with van der Waals surface area (Å²) in [5, 5.41) is 0. The molecule has 0 atom stereocenters. The Morgan fingerprint density at radius 3 is 1.47 bits per heavy atom. The first kappa shape index (κ1) is 23.7. The second kappa shape index (κ2) is 9.67. The van der Waals surface area contributed by atoms with Crippen molar-refractivity contribution < 1.29 is 17.8 Å². The molecule has 168 valence electrons. The molecule has 5 nitrogen and oxygen atoms in total. The maximum absolute atomic E-state index is 14.0. The molecule has 0 aliphatic rings. The molecule has 6 heteroatoms. The van der Waals surface area contributed by atoms with E-state index in [2.05, 4.69) is 0 Å². The Morgan fingerprint density at radius 1 is 0.719 bits per heavy atom. The van der Waals surface area contributed by atoms with Gasteiger partial charge in [0, 0.05) is 0 Å². The quantitative estimate of drug-likeness (QED) is 0.454. The minimum Gasteiger partial charge on any atom is -0.272 e. The molecule has 0 aliphatic heterocycles. The van der Waals surface area contributed by atoms with Crippen molar-refractivity contribution in [1.29, 1.82) is 0 Å². The number of hydrogen-bond donors (Lipinski definition) is 1. The van der Waals surface area contributed by atoms with E-state index in [-0.39, 0.29) is 17.5 Å². The van der Waals surface area contributed by atoms with Gasteiger partial charge in [0.2, 0.25) is 0 Å². The van der Waals surface area contributed by atoms with E-state index in [1.54, 1.807) is 60.7 Å². The van der Waals surface area contributed by atoms with Gasteiger partial charge in [-0.25, -0.2) is 0 Å². The number of carbonyl (C=O) groups excluding carboxylic acids is 1. The number of rotatable bonds is 7. The number of amides is 1. The number of carbonyl (C=O) groups is 1.